The highest BCUT2D eigenvalue weighted by Crippen LogP contribution is 2.10. The molecule has 2 aromatic rings. The molecule has 0 bridgehead atoms. The fourth-order valence-electron chi connectivity index (χ4n) is 3.31. The van der Waals surface area contributed by atoms with E-state index < -0.39 is 0 Å². The summed E-state index contributed by atoms with van der Waals surface area (Å²) < 4.78 is 12.9. The van der Waals surface area contributed by atoms with Crippen LogP contribution >= 0.6 is 0 Å². The molecule has 2 heterocycles. The Labute approximate surface area is 163 Å². The maximum absolute atomic E-state index is 12.9. The fourth-order valence-corrected chi connectivity index (χ4v) is 3.31. The van der Waals surface area contributed by atoms with Gasteiger partial charge in [0.05, 0.1) is 12.9 Å². The lowest BCUT2D eigenvalue weighted by molar-refractivity contribution is -0.122. The number of aromatic nitrogens is 2. The minimum Gasteiger partial charge on any atom is -0.355 e. The molecular weight excluding hydrogens is 361 g/mol. The number of hydrogen-bond donors (Lipinski definition) is 2. The molecule has 1 aromatic carbocycles. The minimum absolute atomic E-state index is 0.0370. The summed E-state index contributed by atoms with van der Waals surface area (Å²) >= 11 is 0. The molecule has 2 amide bonds. The first-order valence-electron chi connectivity index (χ1n) is 9.55. The van der Waals surface area contributed by atoms with Gasteiger partial charge in [-0.15, -0.1) is 0 Å². The molecule has 1 aromatic heterocycles. The summed E-state index contributed by atoms with van der Waals surface area (Å²) in [6, 6.07) is 6.30. The molecule has 0 atom stereocenters. The number of H-pyrrole nitrogens is 1. The van der Waals surface area contributed by atoms with Crippen molar-refractivity contribution < 1.29 is 14.0 Å². The smallest absolute Gasteiger partial charge is 0.274 e. The quantitative estimate of drug-likeness (QED) is 0.784. The lowest BCUT2D eigenvalue weighted by Crippen LogP contribution is -2.40. The molecule has 150 valence electrons. The Morgan fingerprint density at radius 2 is 1.96 bits per heavy atom. The van der Waals surface area contributed by atoms with E-state index in [9.17, 15) is 14.0 Å². The second kappa shape index (κ2) is 9.45. The third-order valence-electron chi connectivity index (χ3n) is 4.92. The molecule has 2 N–H and O–H groups in total. The minimum atomic E-state index is -0.260. The van der Waals surface area contributed by atoms with E-state index in [0.29, 0.717) is 44.8 Å². The maximum atomic E-state index is 12.9. The van der Waals surface area contributed by atoms with Crippen LogP contribution in [0.5, 0.6) is 0 Å². The summed E-state index contributed by atoms with van der Waals surface area (Å²) in [6.07, 6.45) is 3.01. The highest BCUT2D eigenvalue weighted by molar-refractivity contribution is 5.93. The molecule has 7 nitrogen and oxygen atoms in total. The molecule has 1 fully saturated rings. The van der Waals surface area contributed by atoms with E-state index in [1.807, 2.05) is 6.92 Å². The van der Waals surface area contributed by atoms with Crippen molar-refractivity contribution in [2.75, 3.05) is 39.3 Å². The monoisotopic (exact) mass is 387 g/mol. The summed E-state index contributed by atoms with van der Waals surface area (Å²) in [4.78, 5) is 35.7. The van der Waals surface area contributed by atoms with E-state index in [-0.39, 0.29) is 17.6 Å². The SMILES string of the molecule is Cc1[nH]cnc1C(=O)N1CCCN(CC(=O)NCCc2ccc(F)cc2)CC1. The number of amides is 2. The van der Waals surface area contributed by atoms with Crippen molar-refractivity contribution in [3.63, 3.8) is 0 Å². The molecule has 1 saturated heterocycles. The van der Waals surface area contributed by atoms with Crippen LogP contribution in [0, 0.1) is 12.7 Å². The van der Waals surface area contributed by atoms with E-state index in [1.165, 1.54) is 18.5 Å². The van der Waals surface area contributed by atoms with Crippen LogP contribution in [0.15, 0.2) is 30.6 Å². The molecule has 0 spiro atoms. The highest BCUT2D eigenvalue weighted by atomic mass is 19.1. The maximum Gasteiger partial charge on any atom is 0.274 e. The van der Waals surface area contributed by atoms with Gasteiger partial charge in [0.2, 0.25) is 5.91 Å². The number of halogens is 1. The zero-order valence-corrected chi connectivity index (χ0v) is 16.1. The number of imidazole rings is 1. The molecule has 1 aliphatic heterocycles. The molecule has 28 heavy (non-hydrogen) atoms. The van der Waals surface area contributed by atoms with Crippen molar-refractivity contribution in [3.05, 3.63) is 53.4 Å². The lowest BCUT2D eigenvalue weighted by atomic mass is 10.1. The molecule has 1 aliphatic rings. The fraction of sp³-hybridized carbons (Fsp3) is 0.450. The van der Waals surface area contributed by atoms with Crippen molar-refractivity contribution in [3.8, 4) is 0 Å². The van der Waals surface area contributed by atoms with Crippen LogP contribution in [0.4, 0.5) is 4.39 Å². The van der Waals surface area contributed by atoms with E-state index >= 15 is 0 Å². The second-order valence-corrected chi connectivity index (χ2v) is 7.02. The van der Waals surface area contributed by atoms with Gasteiger partial charge in [0.25, 0.3) is 5.91 Å². The average Bonchev–Trinajstić information content (AvgIpc) is 2.97. The number of hydrogen-bond acceptors (Lipinski definition) is 4. The summed E-state index contributed by atoms with van der Waals surface area (Å²) in [5.41, 5.74) is 2.22. The van der Waals surface area contributed by atoms with E-state index in [1.54, 1.807) is 17.0 Å². The van der Waals surface area contributed by atoms with E-state index in [0.717, 1.165) is 24.2 Å². The first kappa shape index (κ1) is 20.0. The Bertz CT molecular complexity index is 805. The summed E-state index contributed by atoms with van der Waals surface area (Å²) in [5.74, 6) is -0.363. The van der Waals surface area contributed by atoms with Crippen molar-refractivity contribution in [2.24, 2.45) is 0 Å². The molecule has 0 radical (unpaired) electrons. The Morgan fingerprint density at radius 1 is 1.18 bits per heavy atom. The Balaban J connectivity index is 1.41. The Morgan fingerprint density at radius 3 is 2.68 bits per heavy atom. The lowest BCUT2D eigenvalue weighted by Gasteiger charge is -2.21. The second-order valence-electron chi connectivity index (χ2n) is 7.02. The highest BCUT2D eigenvalue weighted by Gasteiger charge is 2.23. The van der Waals surface area contributed by atoms with Crippen molar-refractivity contribution in [1.29, 1.82) is 0 Å². The van der Waals surface area contributed by atoms with Gasteiger partial charge in [0, 0.05) is 38.4 Å². The van der Waals surface area contributed by atoms with Gasteiger partial charge in [-0.3, -0.25) is 14.5 Å². The van der Waals surface area contributed by atoms with Crippen molar-refractivity contribution >= 4 is 11.8 Å². The number of nitrogens with zero attached hydrogens (tertiary/aromatic N) is 3. The molecule has 8 heteroatoms. The predicted molar refractivity (Wildman–Crippen MR) is 103 cm³/mol. The average molecular weight is 387 g/mol. The van der Waals surface area contributed by atoms with Crippen LogP contribution in [0.25, 0.3) is 0 Å². The molecular formula is C20H26FN5O2. The standard InChI is InChI=1S/C20H26FN5O2/c1-15-19(24-14-23-15)20(28)26-10-2-9-25(11-12-26)13-18(27)22-8-7-16-3-5-17(21)6-4-16/h3-6,14H,2,7-13H2,1H3,(H,22,27)(H,23,24). The molecule has 0 unspecified atom stereocenters. The number of carbonyl (C=O) groups is 2. The zero-order valence-electron chi connectivity index (χ0n) is 16.1. The van der Waals surface area contributed by atoms with Gasteiger partial charge in [0.1, 0.15) is 11.5 Å². The largest absolute Gasteiger partial charge is 0.355 e. The summed E-state index contributed by atoms with van der Waals surface area (Å²) in [7, 11) is 0. The van der Waals surface area contributed by atoms with Gasteiger partial charge in [-0.1, -0.05) is 12.1 Å². The van der Waals surface area contributed by atoms with Crippen LogP contribution in [0.1, 0.15) is 28.2 Å². The topological polar surface area (TPSA) is 81.3 Å². The molecule has 0 aliphatic carbocycles. The van der Waals surface area contributed by atoms with Crippen LogP contribution in [-0.2, 0) is 11.2 Å². The van der Waals surface area contributed by atoms with E-state index in [2.05, 4.69) is 20.2 Å². The summed E-state index contributed by atoms with van der Waals surface area (Å²) in [6.45, 7) is 5.33. The first-order chi connectivity index (χ1) is 13.5. The molecule has 3 rings (SSSR count). The predicted octanol–water partition coefficient (Wildman–Crippen LogP) is 1.36. The zero-order chi connectivity index (χ0) is 19.9. The van der Waals surface area contributed by atoms with Gasteiger partial charge < -0.3 is 15.2 Å². The number of aromatic amines is 1. The van der Waals surface area contributed by atoms with Gasteiger partial charge in [-0.2, -0.15) is 0 Å². The Kier molecular flexibility index (Phi) is 6.76. The summed E-state index contributed by atoms with van der Waals surface area (Å²) in [5, 5.41) is 2.91. The van der Waals surface area contributed by atoms with Gasteiger partial charge in [-0.25, -0.2) is 9.37 Å². The number of nitrogens with one attached hydrogen (secondary N) is 2. The number of carbonyl (C=O) groups excluding carboxylic acids is 2. The van der Waals surface area contributed by atoms with Crippen molar-refractivity contribution in [2.45, 2.75) is 19.8 Å². The van der Waals surface area contributed by atoms with Gasteiger partial charge in [-0.05, 0) is 37.5 Å². The number of rotatable bonds is 6. The first-order valence-corrected chi connectivity index (χ1v) is 9.55. The normalized spacial score (nSPS) is 15.3. The third-order valence-corrected chi connectivity index (χ3v) is 4.92. The van der Waals surface area contributed by atoms with Gasteiger partial charge in [0.15, 0.2) is 0 Å². The Hall–Kier alpha value is -2.74. The molecule has 0 saturated carbocycles. The number of aryl methyl sites for hydroxylation is 1. The third kappa shape index (κ3) is 5.39. The van der Waals surface area contributed by atoms with Gasteiger partial charge >= 0.3 is 0 Å². The van der Waals surface area contributed by atoms with Crippen molar-refractivity contribution in [1.82, 2.24) is 25.1 Å². The van der Waals surface area contributed by atoms with Crippen LogP contribution in [0.2, 0.25) is 0 Å². The van der Waals surface area contributed by atoms with E-state index in [4.69, 9.17) is 0 Å². The number of benzene rings is 1. The van der Waals surface area contributed by atoms with Crippen LogP contribution in [0.3, 0.4) is 0 Å². The van der Waals surface area contributed by atoms with Crippen LogP contribution < -0.4 is 5.32 Å². The van der Waals surface area contributed by atoms with Crippen LogP contribution in [-0.4, -0.2) is 70.9 Å².